The van der Waals surface area contributed by atoms with Gasteiger partial charge in [-0.2, -0.15) is 0 Å². The molecule has 0 fully saturated rings. The maximum Gasteiger partial charge on any atom is 0.141 e. The van der Waals surface area contributed by atoms with E-state index in [1.165, 1.54) is 0 Å². The van der Waals surface area contributed by atoms with E-state index in [-0.39, 0.29) is 6.04 Å². The second kappa shape index (κ2) is 4.59. The molecule has 4 N–H and O–H groups in total. The van der Waals surface area contributed by atoms with Gasteiger partial charge in [0.15, 0.2) is 0 Å². The second-order valence-electron chi connectivity index (χ2n) is 5.11. The molecule has 0 radical (unpaired) electrons. The van der Waals surface area contributed by atoms with Crippen molar-refractivity contribution < 1.29 is 9.63 Å². The van der Waals surface area contributed by atoms with Crippen LogP contribution in [0.5, 0.6) is 0 Å². The molecule has 0 bridgehead atoms. The molecule has 1 aromatic carbocycles. The number of nitrogens with two attached hydrogens (primary N) is 1. The molecule has 104 valence electrons. The molecule has 2 aromatic rings. The number of nitrogens with zero attached hydrogens (tertiary/aromatic N) is 1. The summed E-state index contributed by atoms with van der Waals surface area (Å²) in [7, 11) is 0. The van der Waals surface area contributed by atoms with Crippen LogP contribution in [-0.2, 0) is 0 Å². The third-order valence-corrected chi connectivity index (χ3v) is 3.54. The van der Waals surface area contributed by atoms with Crippen LogP contribution in [-0.4, -0.2) is 16.3 Å². The van der Waals surface area contributed by atoms with E-state index in [0.717, 1.165) is 28.3 Å². The number of rotatable bonds is 3. The molecule has 0 saturated carbocycles. The zero-order valence-corrected chi connectivity index (χ0v) is 11.5. The molecule has 0 aliphatic heterocycles. The Morgan fingerprint density at radius 2 is 2.15 bits per heavy atom. The van der Waals surface area contributed by atoms with Crippen molar-refractivity contribution in [3.05, 3.63) is 41.5 Å². The topological polar surface area (TPSA) is 84.3 Å². The zero-order valence-electron chi connectivity index (χ0n) is 11.5. The summed E-state index contributed by atoms with van der Waals surface area (Å²) in [5.74, 6) is 1.21. The number of nitrogens with one attached hydrogen (secondary N) is 1. The zero-order chi connectivity index (χ0) is 14.3. The molecule has 1 aliphatic carbocycles. The van der Waals surface area contributed by atoms with E-state index in [2.05, 4.69) is 10.5 Å². The number of anilines is 2. The van der Waals surface area contributed by atoms with Gasteiger partial charge < -0.3 is 20.7 Å². The summed E-state index contributed by atoms with van der Waals surface area (Å²) in [5.41, 5.74) is 10.5. The van der Waals surface area contributed by atoms with Gasteiger partial charge in [-0.15, -0.1) is 0 Å². The number of hydrogen-bond donors (Lipinski definition) is 3. The molecule has 1 aromatic heterocycles. The van der Waals surface area contributed by atoms with Crippen LogP contribution in [0.1, 0.15) is 17.9 Å². The lowest BCUT2D eigenvalue weighted by Gasteiger charge is -2.24. The van der Waals surface area contributed by atoms with Crippen LogP contribution < -0.4 is 11.1 Å². The average Bonchev–Trinajstić information content (AvgIpc) is 2.69. The Kier molecular flexibility index (Phi) is 2.89. The standard InChI is InChI=1S/C15H17N3O2/c1-8-15(9(2)20-18-8)10-3-4-14(13(16)5-10)17-11-6-12(19)7-11/h3-6,11,17,19H,7,16H2,1-2H3. The Hall–Kier alpha value is -2.43. The minimum absolute atomic E-state index is 0.155. The summed E-state index contributed by atoms with van der Waals surface area (Å²) in [6.07, 6.45) is 2.42. The van der Waals surface area contributed by atoms with Crippen molar-refractivity contribution in [3.8, 4) is 11.1 Å². The molecule has 0 saturated heterocycles. The van der Waals surface area contributed by atoms with Gasteiger partial charge in [-0.25, -0.2) is 0 Å². The molecule has 1 aliphatic rings. The molecule has 5 nitrogen and oxygen atoms in total. The van der Waals surface area contributed by atoms with Crippen molar-refractivity contribution >= 4 is 11.4 Å². The van der Waals surface area contributed by atoms with Gasteiger partial charge in [-0.3, -0.25) is 0 Å². The van der Waals surface area contributed by atoms with E-state index in [1.807, 2.05) is 32.0 Å². The quantitative estimate of drug-likeness (QED) is 0.747. The average molecular weight is 271 g/mol. The summed E-state index contributed by atoms with van der Waals surface area (Å²) in [6.45, 7) is 3.80. The first-order valence-electron chi connectivity index (χ1n) is 6.53. The first-order valence-corrected chi connectivity index (χ1v) is 6.53. The van der Waals surface area contributed by atoms with Crippen molar-refractivity contribution in [1.82, 2.24) is 5.16 Å². The number of aliphatic hydroxyl groups excluding tert-OH is 1. The minimum atomic E-state index is 0.155. The van der Waals surface area contributed by atoms with Gasteiger partial charge in [0.25, 0.3) is 0 Å². The van der Waals surface area contributed by atoms with Gasteiger partial charge in [-0.1, -0.05) is 11.2 Å². The largest absolute Gasteiger partial charge is 0.512 e. The van der Waals surface area contributed by atoms with E-state index in [1.54, 1.807) is 6.08 Å². The number of aliphatic hydroxyl groups is 1. The van der Waals surface area contributed by atoms with Gasteiger partial charge in [0.2, 0.25) is 0 Å². The number of aryl methyl sites for hydroxylation is 2. The van der Waals surface area contributed by atoms with Crippen molar-refractivity contribution in [2.75, 3.05) is 11.1 Å². The fraction of sp³-hybridized carbons (Fsp3) is 0.267. The maximum atomic E-state index is 9.17. The van der Waals surface area contributed by atoms with E-state index >= 15 is 0 Å². The van der Waals surface area contributed by atoms with Gasteiger partial charge in [-0.05, 0) is 37.6 Å². The molecule has 0 amide bonds. The van der Waals surface area contributed by atoms with Crippen LogP contribution in [0, 0.1) is 13.8 Å². The molecule has 20 heavy (non-hydrogen) atoms. The highest BCUT2D eigenvalue weighted by Crippen LogP contribution is 2.32. The number of hydrogen-bond acceptors (Lipinski definition) is 5. The van der Waals surface area contributed by atoms with Crippen molar-refractivity contribution in [1.29, 1.82) is 0 Å². The first kappa shape index (κ1) is 12.6. The second-order valence-corrected chi connectivity index (χ2v) is 5.11. The highest BCUT2D eigenvalue weighted by Gasteiger charge is 2.19. The SMILES string of the molecule is Cc1noc(C)c1-c1ccc(NC2C=C(O)C2)c(N)c1. The Bertz CT molecular complexity index is 669. The number of nitrogen functional groups attached to an aromatic ring is 1. The molecular formula is C15H17N3O2. The fourth-order valence-corrected chi connectivity index (χ4v) is 2.46. The summed E-state index contributed by atoms with van der Waals surface area (Å²) in [4.78, 5) is 0. The molecule has 0 spiro atoms. The Morgan fingerprint density at radius 1 is 1.40 bits per heavy atom. The predicted octanol–water partition coefficient (Wildman–Crippen LogP) is 3.17. The molecule has 1 unspecified atom stereocenters. The highest BCUT2D eigenvalue weighted by atomic mass is 16.5. The fourth-order valence-electron chi connectivity index (χ4n) is 2.46. The van der Waals surface area contributed by atoms with Crippen LogP contribution in [0.25, 0.3) is 11.1 Å². The van der Waals surface area contributed by atoms with E-state index < -0.39 is 0 Å². The molecule has 5 heteroatoms. The lowest BCUT2D eigenvalue weighted by Crippen LogP contribution is -2.25. The Labute approximate surface area is 117 Å². The summed E-state index contributed by atoms with van der Waals surface area (Å²) in [6, 6.07) is 6.01. The monoisotopic (exact) mass is 271 g/mol. The molecule has 1 heterocycles. The van der Waals surface area contributed by atoms with Crippen molar-refractivity contribution in [2.45, 2.75) is 26.3 Å². The van der Waals surface area contributed by atoms with Gasteiger partial charge in [0.05, 0.1) is 28.9 Å². The van der Waals surface area contributed by atoms with Gasteiger partial charge >= 0.3 is 0 Å². The van der Waals surface area contributed by atoms with E-state index in [0.29, 0.717) is 17.9 Å². The number of benzene rings is 1. The Balaban J connectivity index is 1.88. The third-order valence-electron chi connectivity index (χ3n) is 3.54. The normalized spacial score (nSPS) is 17.5. The summed E-state index contributed by atoms with van der Waals surface area (Å²) in [5, 5.41) is 16.4. The highest BCUT2D eigenvalue weighted by molar-refractivity contribution is 5.78. The number of aromatic nitrogens is 1. The minimum Gasteiger partial charge on any atom is -0.512 e. The third kappa shape index (κ3) is 2.11. The van der Waals surface area contributed by atoms with E-state index in [9.17, 15) is 0 Å². The van der Waals surface area contributed by atoms with Crippen LogP contribution in [0.2, 0.25) is 0 Å². The van der Waals surface area contributed by atoms with Crippen molar-refractivity contribution in [3.63, 3.8) is 0 Å². The van der Waals surface area contributed by atoms with Crippen LogP contribution in [0.4, 0.5) is 11.4 Å². The predicted molar refractivity (Wildman–Crippen MR) is 78.6 cm³/mol. The molecular weight excluding hydrogens is 254 g/mol. The molecule has 3 rings (SSSR count). The molecule has 1 atom stereocenters. The smallest absolute Gasteiger partial charge is 0.141 e. The van der Waals surface area contributed by atoms with Crippen molar-refractivity contribution in [2.24, 2.45) is 0 Å². The Morgan fingerprint density at radius 3 is 2.70 bits per heavy atom. The lowest BCUT2D eigenvalue weighted by molar-refractivity contribution is 0.355. The lowest BCUT2D eigenvalue weighted by atomic mass is 9.99. The maximum absolute atomic E-state index is 9.17. The van der Waals surface area contributed by atoms with E-state index in [4.69, 9.17) is 15.4 Å². The van der Waals surface area contributed by atoms with Crippen LogP contribution in [0.3, 0.4) is 0 Å². The van der Waals surface area contributed by atoms with Gasteiger partial charge in [0.1, 0.15) is 5.76 Å². The van der Waals surface area contributed by atoms with Crippen LogP contribution in [0.15, 0.2) is 34.6 Å². The van der Waals surface area contributed by atoms with Gasteiger partial charge in [0, 0.05) is 12.0 Å². The summed E-state index contributed by atoms with van der Waals surface area (Å²) < 4.78 is 5.18. The summed E-state index contributed by atoms with van der Waals surface area (Å²) >= 11 is 0. The van der Waals surface area contributed by atoms with Crippen LogP contribution >= 0.6 is 0 Å². The first-order chi connectivity index (χ1) is 9.54.